The number of nitrogens with zero attached hydrogens (tertiary/aromatic N) is 1. The van der Waals surface area contributed by atoms with E-state index in [9.17, 15) is 14.7 Å². The topological polar surface area (TPSA) is 66.8 Å². The molecule has 5 heteroatoms. The summed E-state index contributed by atoms with van der Waals surface area (Å²) in [5.41, 5.74) is -0.903. The van der Waals surface area contributed by atoms with Crippen molar-refractivity contribution in [3.05, 3.63) is 0 Å². The highest BCUT2D eigenvalue weighted by atomic mass is 16.5. The van der Waals surface area contributed by atoms with E-state index >= 15 is 0 Å². The molecule has 2 saturated heterocycles. The number of aliphatic hydroxyl groups is 1. The van der Waals surface area contributed by atoms with Gasteiger partial charge in [0.25, 0.3) is 11.8 Å². The van der Waals surface area contributed by atoms with Crippen LogP contribution >= 0.6 is 0 Å². The number of rotatable bonds is 2. The minimum absolute atomic E-state index is 0.144. The standard InChI is InChI=1S/C14H21NO4/c1-9-3-2-6-14(18,7-9)8-15-12(16)10-4-5-11(19-10)13(15)17/h9-11,18H,2-8H2,1H3. The molecule has 2 bridgehead atoms. The molecule has 1 saturated carbocycles. The van der Waals surface area contributed by atoms with Gasteiger partial charge in [-0.15, -0.1) is 0 Å². The van der Waals surface area contributed by atoms with Gasteiger partial charge in [0.2, 0.25) is 0 Å². The Kier molecular flexibility index (Phi) is 3.14. The monoisotopic (exact) mass is 267 g/mol. The molecule has 3 fully saturated rings. The maximum absolute atomic E-state index is 12.2. The molecule has 0 radical (unpaired) electrons. The summed E-state index contributed by atoms with van der Waals surface area (Å²) in [6.45, 7) is 2.25. The molecule has 0 spiro atoms. The van der Waals surface area contributed by atoms with Gasteiger partial charge >= 0.3 is 0 Å². The quantitative estimate of drug-likeness (QED) is 0.753. The first kappa shape index (κ1) is 13.1. The molecule has 0 aromatic rings. The van der Waals surface area contributed by atoms with Crippen LogP contribution in [0.4, 0.5) is 0 Å². The van der Waals surface area contributed by atoms with Crippen LogP contribution in [-0.2, 0) is 14.3 Å². The Bertz CT molecular complexity index is 388. The third-order valence-electron chi connectivity index (χ3n) is 4.62. The Labute approximate surface area is 112 Å². The lowest BCUT2D eigenvalue weighted by Gasteiger charge is -2.40. The second-order valence-electron chi connectivity index (χ2n) is 6.38. The zero-order chi connectivity index (χ0) is 13.6. The number of hydrogen-bond donors (Lipinski definition) is 1. The Balaban J connectivity index is 1.75. The van der Waals surface area contributed by atoms with Crippen molar-refractivity contribution in [3.8, 4) is 0 Å². The van der Waals surface area contributed by atoms with Gasteiger partial charge in [0, 0.05) is 0 Å². The molecular formula is C14H21NO4. The molecule has 1 aliphatic carbocycles. The van der Waals surface area contributed by atoms with E-state index in [-0.39, 0.29) is 18.4 Å². The maximum Gasteiger partial charge on any atom is 0.258 e. The second kappa shape index (κ2) is 4.56. The van der Waals surface area contributed by atoms with Gasteiger partial charge in [-0.2, -0.15) is 0 Å². The predicted molar refractivity (Wildman–Crippen MR) is 67.2 cm³/mol. The van der Waals surface area contributed by atoms with Crippen molar-refractivity contribution >= 4 is 11.8 Å². The van der Waals surface area contributed by atoms with Crippen LogP contribution in [0.3, 0.4) is 0 Å². The highest BCUT2D eigenvalue weighted by molar-refractivity contribution is 6.02. The van der Waals surface area contributed by atoms with Gasteiger partial charge in [-0.05, 0) is 31.6 Å². The van der Waals surface area contributed by atoms with Gasteiger partial charge in [0.15, 0.2) is 0 Å². The normalized spacial score (nSPS) is 42.8. The number of morpholine rings is 1. The van der Waals surface area contributed by atoms with E-state index in [4.69, 9.17) is 4.74 Å². The number of ether oxygens (including phenoxy) is 1. The van der Waals surface area contributed by atoms with Gasteiger partial charge in [0.1, 0.15) is 12.2 Å². The first-order chi connectivity index (χ1) is 8.98. The first-order valence-electron chi connectivity index (χ1n) is 7.22. The van der Waals surface area contributed by atoms with Crippen LogP contribution < -0.4 is 0 Å². The van der Waals surface area contributed by atoms with Crippen molar-refractivity contribution in [2.24, 2.45) is 5.92 Å². The number of hydrogen-bond acceptors (Lipinski definition) is 4. The van der Waals surface area contributed by atoms with Crippen LogP contribution in [0.2, 0.25) is 0 Å². The van der Waals surface area contributed by atoms with Crippen molar-refractivity contribution in [2.75, 3.05) is 6.54 Å². The molecule has 5 nitrogen and oxygen atoms in total. The van der Waals surface area contributed by atoms with Crippen LogP contribution in [-0.4, -0.2) is 46.2 Å². The predicted octanol–water partition coefficient (Wildman–Crippen LogP) is 0.844. The largest absolute Gasteiger partial charge is 0.388 e. The summed E-state index contributed by atoms with van der Waals surface area (Å²) >= 11 is 0. The Hall–Kier alpha value is -0.940. The minimum atomic E-state index is -0.903. The van der Waals surface area contributed by atoms with Gasteiger partial charge in [-0.25, -0.2) is 0 Å². The van der Waals surface area contributed by atoms with Crippen LogP contribution in [0.1, 0.15) is 45.4 Å². The number of imide groups is 1. The van der Waals surface area contributed by atoms with Crippen molar-refractivity contribution in [1.29, 1.82) is 0 Å². The minimum Gasteiger partial charge on any atom is -0.388 e. The average molecular weight is 267 g/mol. The van der Waals surface area contributed by atoms with Gasteiger partial charge in [-0.1, -0.05) is 19.8 Å². The Morgan fingerprint density at radius 3 is 2.47 bits per heavy atom. The smallest absolute Gasteiger partial charge is 0.258 e. The molecule has 4 unspecified atom stereocenters. The van der Waals surface area contributed by atoms with Gasteiger partial charge in [0.05, 0.1) is 12.1 Å². The summed E-state index contributed by atoms with van der Waals surface area (Å²) in [6, 6.07) is 0. The van der Waals surface area contributed by atoms with Crippen LogP contribution in [0.25, 0.3) is 0 Å². The molecule has 3 aliphatic rings. The lowest BCUT2D eigenvalue weighted by atomic mass is 9.78. The average Bonchev–Trinajstić information content (AvgIpc) is 2.79. The highest BCUT2D eigenvalue weighted by Gasteiger charge is 2.49. The summed E-state index contributed by atoms with van der Waals surface area (Å²) in [4.78, 5) is 25.6. The van der Waals surface area contributed by atoms with Crippen LogP contribution in [0.5, 0.6) is 0 Å². The summed E-state index contributed by atoms with van der Waals surface area (Å²) in [6.07, 6.45) is 3.72. The molecule has 4 atom stereocenters. The summed E-state index contributed by atoms with van der Waals surface area (Å²) in [5.74, 6) is -0.0717. The fourth-order valence-corrected chi connectivity index (χ4v) is 3.68. The van der Waals surface area contributed by atoms with Gasteiger partial charge in [-0.3, -0.25) is 14.5 Å². The zero-order valence-electron chi connectivity index (χ0n) is 11.3. The molecule has 106 valence electrons. The molecule has 2 heterocycles. The Morgan fingerprint density at radius 2 is 1.89 bits per heavy atom. The van der Waals surface area contributed by atoms with Crippen molar-refractivity contribution < 1.29 is 19.4 Å². The molecule has 0 aromatic carbocycles. The highest BCUT2D eigenvalue weighted by Crippen LogP contribution is 2.35. The molecule has 0 aromatic heterocycles. The van der Waals surface area contributed by atoms with E-state index in [1.165, 1.54) is 4.90 Å². The molecule has 2 amide bonds. The molecule has 19 heavy (non-hydrogen) atoms. The van der Waals surface area contributed by atoms with Crippen molar-refractivity contribution in [2.45, 2.75) is 63.3 Å². The number of amides is 2. The van der Waals surface area contributed by atoms with Crippen molar-refractivity contribution in [1.82, 2.24) is 4.90 Å². The maximum atomic E-state index is 12.2. The van der Waals surface area contributed by atoms with E-state index in [1.54, 1.807) is 0 Å². The first-order valence-corrected chi connectivity index (χ1v) is 7.22. The molecule has 2 aliphatic heterocycles. The second-order valence-corrected chi connectivity index (χ2v) is 6.38. The summed E-state index contributed by atoms with van der Waals surface area (Å²) in [7, 11) is 0. The fraction of sp³-hybridized carbons (Fsp3) is 0.857. The fourth-order valence-electron chi connectivity index (χ4n) is 3.68. The Morgan fingerprint density at radius 1 is 1.26 bits per heavy atom. The lowest BCUT2D eigenvalue weighted by Crippen LogP contribution is -2.57. The number of β-amino-alcohol motifs (C(OH)–C–C–N with tert-alkyl or cyclic N) is 1. The molecular weight excluding hydrogens is 246 g/mol. The summed E-state index contributed by atoms with van der Waals surface area (Å²) in [5, 5.41) is 10.6. The zero-order valence-corrected chi connectivity index (χ0v) is 11.3. The number of carbonyl (C=O) groups is 2. The number of likely N-dealkylation sites (tertiary alicyclic amines) is 1. The number of carbonyl (C=O) groups excluding carboxylic acids is 2. The SMILES string of the molecule is CC1CCCC(O)(CN2C(=O)C3CCC(O3)C2=O)C1. The van der Waals surface area contributed by atoms with E-state index < -0.39 is 17.8 Å². The lowest BCUT2D eigenvalue weighted by molar-refractivity contribution is -0.173. The number of fused-ring (bicyclic) bond motifs is 2. The molecule has 1 N–H and O–H groups in total. The summed E-state index contributed by atoms with van der Waals surface area (Å²) < 4.78 is 5.37. The van der Waals surface area contributed by atoms with E-state index in [0.717, 1.165) is 12.8 Å². The van der Waals surface area contributed by atoms with Gasteiger partial charge < -0.3 is 9.84 Å². The van der Waals surface area contributed by atoms with E-state index in [2.05, 4.69) is 6.92 Å². The van der Waals surface area contributed by atoms with E-state index in [1.807, 2.05) is 0 Å². The van der Waals surface area contributed by atoms with Crippen molar-refractivity contribution in [3.63, 3.8) is 0 Å². The van der Waals surface area contributed by atoms with Crippen LogP contribution in [0.15, 0.2) is 0 Å². The third kappa shape index (κ3) is 2.30. The van der Waals surface area contributed by atoms with Crippen LogP contribution in [0, 0.1) is 5.92 Å². The van der Waals surface area contributed by atoms with E-state index in [0.29, 0.717) is 31.6 Å². The molecule has 3 rings (SSSR count). The third-order valence-corrected chi connectivity index (χ3v) is 4.62.